The van der Waals surface area contributed by atoms with Crippen LogP contribution in [0.3, 0.4) is 0 Å². The summed E-state index contributed by atoms with van der Waals surface area (Å²) >= 11 is 0. The molecule has 44 heavy (non-hydrogen) atoms. The molecule has 15 nitrogen and oxygen atoms in total. The Hall–Kier alpha value is -5.09. The molecule has 0 amide bonds. The van der Waals surface area contributed by atoms with Crippen molar-refractivity contribution in [1.29, 1.82) is 0 Å². The Balaban J connectivity index is 1.52. The predicted octanol–water partition coefficient (Wildman–Crippen LogP) is 4.69. The molecule has 2 heterocycles. The number of aromatic nitrogens is 6. The van der Waals surface area contributed by atoms with Gasteiger partial charge < -0.3 is 31.9 Å². The molecule has 0 radical (unpaired) electrons. The maximum Gasteiger partial charge on any atom is 0.295 e. The molecule has 2 aromatic heterocycles. The zero-order valence-electron chi connectivity index (χ0n) is 24.9. The Labute approximate surface area is 256 Å². The third kappa shape index (κ3) is 8.95. The number of anilines is 8. The molecule has 0 unspecified atom stereocenters. The minimum atomic E-state index is -4.55. The maximum atomic E-state index is 12.3. The molecule has 0 bridgehead atoms. The van der Waals surface area contributed by atoms with Crippen LogP contribution in [0.15, 0.2) is 47.4 Å². The van der Waals surface area contributed by atoms with Gasteiger partial charge in [-0.25, -0.2) is 0 Å². The number of hydrogen-bond donors (Lipinski definition) is 7. The second-order valence-electron chi connectivity index (χ2n) is 9.17. The SMILES string of the molecule is CCNc1nc(NCC)nc(Nc2ccc(/C=C/c3ccc(Nc4nc(NCC)nc(NCC)n4)cc3S(=O)(=O)O)cc2)n1. The van der Waals surface area contributed by atoms with Gasteiger partial charge in [0.2, 0.25) is 35.7 Å². The zero-order valence-corrected chi connectivity index (χ0v) is 25.7. The third-order valence-corrected chi connectivity index (χ3v) is 6.69. The van der Waals surface area contributed by atoms with Crippen LogP contribution in [-0.4, -0.2) is 69.1 Å². The maximum absolute atomic E-state index is 12.3. The van der Waals surface area contributed by atoms with Crippen molar-refractivity contribution in [2.75, 3.05) is 58.1 Å². The molecule has 0 spiro atoms. The highest BCUT2D eigenvalue weighted by Crippen LogP contribution is 2.25. The lowest BCUT2D eigenvalue weighted by molar-refractivity contribution is 0.483. The van der Waals surface area contributed by atoms with Crippen LogP contribution in [0.2, 0.25) is 0 Å². The number of hydrogen-bond acceptors (Lipinski definition) is 14. The van der Waals surface area contributed by atoms with Crippen molar-refractivity contribution < 1.29 is 13.0 Å². The Morgan fingerprint density at radius 3 is 1.43 bits per heavy atom. The van der Waals surface area contributed by atoms with E-state index >= 15 is 0 Å². The first-order chi connectivity index (χ1) is 21.2. The van der Waals surface area contributed by atoms with Gasteiger partial charge in [-0.2, -0.15) is 38.3 Å². The van der Waals surface area contributed by atoms with Gasteiger partial charge in [0.1, 0.15) is 4.90 Å². The summed E-state index contributed by atoms with van der Waals surface area (Å²) in [6.45, 7) is 10.3. The van der Waals surface area contributed by atoms with Gasteiger partial charge in [-0.1, -0.05) is 30.4 Å². The molecule has 0 atom stereocenters. The number of nitrogens with zero attached hydrogens (tertiary/aromatic N) is 6. The van der Waals surface area contributed by atoms with Crippen LogP contribution >= 0.6 is 0 Å². The summed E-state index contributed by atoms with van der Waals surface area (Å²) < 4.78 is 34.6. The van der Waals surface area contributed by atoms with Gasteiger partial charge in [0.05, 0.1) is 0 Å². The molecule has 0 aliphatic carbocycles. The van der Waals surface area contributed by atoms with Gasteiger partial charge in [-0.3, -0.25) is 4.55 Å². The lowest BCUT2D eigenvalue weighted by atomic mass is 10.1. The van der Waals surface area contributed by atoms with E-state index in [-0.39, 0.29) is 10.8 Å². The monoisotopic (exact) mass is 620 g/mol. The highest BCUT2D eigenvalue weighted by atomic mass is 32.2. The fraction of sp³-hybridized carbons (Fsp3) is 0.286. The quantitative estimate of drug-likeness (QED) is 0.0711. The van der Waals surface area contributed by atoms with Crippen molar-refractivity contribution in [2.24, 2.45) is 0 Å². The molecule has 232 valence electrons. The average Bonchev–Trinajstić information content (AvgIpc) is 2.97. The number of rotatable bonds is 15. The van der Waals surface area contributed by atoms with Gasteiger partial charge in [0.25, 0.3) is 10.1 Å². The molecule has 7 N–H and O–H groups in total. The van der Waals surface area contributed by atoms with Crippen LogP contribution in [0.5, 0.6) is 0 Å². The summed E-state index contributed by atoms with van der Waals surface area (Å²) in [6, 6.07) is 12.0. The molecule has 0 aliphatic heterocycles. The van der Waals surface area contributed by atoms with Gasteiger partial charge in [-0.05, 0) is 63.1 Å². The van der Waals surface area contributed by atoms with Crippen molar-refractivity contribution in [3.8, 4) is 0 Å². The van der Waals surface area contributed by atoms with Crippen molar-refractivity contribution in [3.05, 3.63) is 53.6 Å². The summed E-state index contributed by atoms with van der Waals surface area (Å²) in [5, 5.41) is 18.4. The van der Waals surface area contributed by atoms with Crippen molar-refractivity contribution >= 4 is 69.3 Å². The standard InChI is InChI=1S/C28H36N12O3S/c1-5-29-23-35-24(30-6-2)38-27(37-23)33-20-14-10-18(11-15-20)9-12-19-13-16-21(17-22(19)44(41,42)43)34-28-39-25(31-7-3)36-26(40-28)32-8-4/h9-17H,5-8H2,1-4H3,(H,41,42,43)(H3,29,30,33,35,37,38)(H3,31,32,34,36,39,40)/b12-9+. The van der Waals surface area contributed by atoms with Crippen LogP contribution in [0, 0.1) is 0 Å². The Bertz CT molecular complexity index is 1650. The first-order valence-corrected chi connectivity index (χ1v) is 15.6. The topological polar surface area (TPSA) is 204 Å². The van der Waals surface area contributed by atoms with Crippen molar-refractivity contribution in [1.82, 2.24) is 29.9 Å². The minimum absolute atomic E-state index is 0.207. The Morgan fingerprint density at radius 1 is 0.591 bits per heavy atom. The van der Waals surface area contributed by atoms with E-state index in [0.717, 1.165) is 11.3 Å². The largest absolute Gasteiger partial charge is 0.354 e. The van der Waals surface area contributed by atoms with Gasteiger partial charge in [0.15, 0.2) is 0 Å². The average molecular weight is 621 g/mol. The van der Waals surface area contributed by atoms with E-state index in [0.29, 0.717) is 67.2 Å². The summed E-state index contributed by atoms with van der Waals surface area (Å²) in [5.41, 5.74) is 2.22. The molecule has 0 fully saturated rings. The molecule has 2 aromatic carbocycles. The van der Waals surface area contributed by atoms with Crippen LogP contribution in [0.25, 0.3) is 12.2 Å². The Morgan fingerprint density at radius 2 is 1.00 bits per heavy atom. The summed E-state index contributed by atoms with van der Waals surface area (Å²) in [5.74, 6) is 2.23. The first kappa shape index (κ1) is 31.8. The molecular formula is C28H36N12O3S. The lowest BCUT2D eigenvalue weighted by Gasteiger charge is -2.11. The van der Waals surface area contributed by atoms with E-state index in [4.69, 9.17) is 0 Å². The molecule has 4 rings (SSSR count). The molecule has 0 saturated carbocycles. The number of benzene rings is 2. The first-order valence-electron chi connectivity index (χ1n) is 14.1. The molecule has 16 heteroatoms. The minimum Gasteiger partial charge on any atom is -0.354 e. The van der Waals surface area contributed by atoms with Crippen LogP contribution in [-0.2, 0) is 10.1 Å². The second kappa shape index (κ2) is 14.9. The summed E-state index contributed by atoms with van der Waals surface area (Å²) in [7, 11) is -4.55. The highest BCUT2D eigenvalue weighted by molar-refractivity contribution is 7.86. The third-order valence-electron chi connectivity index (χ3n) is 5.78. The van der Waals surface area contributed by atoms with E-state index in [9.17, 15) is 13.0 Å². The molecule has 4 aromatic rings. The van der Waals surface area contributed by atoms with Crippen molar-refractivity contribution in [2.45, 2.75) is 32.6 Å². The lowest BCUT2D eigenvalue weighted by Crippen LogP contribution is -2.11. The van der Waals surface area contributed by atoms with E-state index in [1.807, 2.05) is 52.0 Å². The molecule has 0 aliphatic rings. The van der Waals surface area contributed by atoms with E-state index < -0.39 is 10.1 Å². The summed E-state index contributed by atoms with van der Waals surface area (Å²) in [6.07, 6.45) is 3.36. The van der Waals surface area contributed by atoms with Crippen LogP contribution < -0.4 is 31.9 Å². The number of nitrogens with one attached hydrogen (secondary N) is 6. The van der Waals surface area contributed by atoms with Gasteiger partial charge in [-0.15, -0.1) is 0 Å². The normalized spacial score (nSPS) is 11.3. The summed E-state index contributed by atoms with van der Waals surface area (Å²) in [4.78, 5) is 25.7. The smallest absolute Gasteiger partial charge is 0.295 e. The van der Waals surface area contributed by atoms with Crippen LogP contribution in [0.1, 0.15) is 38.8 Å². The Kier molecular flexibility index (Phi) is 10.8. The fourth-order valence-corrected chi connectivity index (χ4v) is 4.62. The van der Waals surface area contributed by atoms with Crippen molar-refractivity contribution in [3.63, 3.8) is 0 Å². The van der Waals surface area contributed by atoms with Gasteiger partial charge in [0, 0.05) is 37.6 Å². The molecular weight excluding hydrogens is 584 g/mol. The fourth-order valence-electron chi connectivity index (χ4n) is 3.91. The van der Waals surface area contributed by atoms with E-state index in [1.165, 1.54) is 6.07 Å². The highest BCUT2D eigenvalue weighted by Gasteiger charge is 2.16. The zero-order chi connectivity index (χ0) is 31.5. The van der Waals surface area contributed by atoms with E-state index in [1.54, 1.807) is 24.3 Å². The van der Waals surface area contributed by atoms with Gasteiger partial charge >= 0.3 is 0 Å². The molecule has 0 saturated heterocycles. The van der Waals surface area contributed by atoms with Crippen LogP contribution in [0.4, 0.5) is 47.1 Å². The second-order valence-corrected chi connectivity index (χ2v) is 10.6. The van der Waals surface area contributed by atoms with E-state index in [2.05, 4.69) is 61.8 Å². The predicted molar refractivity (Wildman–Crippen MR) is 175 cm³/mol.